The summed E-state index contributed by atoms with van der Waals surface area (Å²) < 4.78 is 0. The normalized spacial score (nSPS) is 11.1. The van der Waals surface area contributed by atoms with E-state index in [1.54, 1.807) is 12.1 Å². The largest absolute Gasteiger partial charge is 0.506 e. The summed E-state index contributed by atoms with van der Waals surface area (Å²) in [6.45, 7) is 0.779. The maximum atomic E-state index is 9.95. The molecule has 0 saturated carbocycles. The van der Waals surface area contributed by atoms with Gasteiger partial charge in [0, 0.05) is 45.2 Å². The summed E-state index contributed by atoms with van der Waals surface area (Å²) >= 11 is 5.51. The first-order chi connectivity index (χ1) is 10.5. The number of benzene rings is 1. The van der Waals surface area contributed by atoms with Gasteiger partial charge in [0.15, 0.2) is 0 Å². The molecule has 2 aromatic rings. The minimum atomic E-state index is 0.0758. The van der Waals surface area contributed by atoms with Crippen molar-refractivity contribution in [1.82, 2.24) is 10.2 Å². The third-order valence-corrected chi connectivity index (χ3v) is 4.01. The van der Waals surface area contributed by atoms with Crippen molar-refractivity contribution in [2.24, 2.45) is 10.2 Å². The number of hydrogen-bond acceptors (Lipinski definition) is 9. The fourth-order valence-electron chi connectivity index (χ4n) is 1.62. The summed E-state index contributed by atoms with van der Waals surface area (Å²) in [6.07, 6.45) is 0. The standard InChI is InChI=1S/C13H18N6OS2/c1-18(2)9-4-5-10(11(20)8-9)14-15-12-16-17-13(22-12)19(3)6-7-21/h4-5,8,20-21H,6-7H2,1-3H3/b15-14+. The van der Waals surface area contributed by atoms with Gasteiger partial charge in [0.25, 0.3) is 5.13 Å². The molecule has 1 heterocycles. The van der Waals surface area contributed by atoms with Gasteiger partial charge in [0.05, 0.1) is 0 Å². The second kappa shape index (κ2) is 7.41. The van der Waals surface area contributed by atoms with E-state index in [0.29, 0.717) is 10.8 Å². The van der Waals surface area contributed by atoms with Crippen molar-refractivity contribution >= 4 is 45.6 Å². The smallest absolute Gasteiger partial charge is 0.253 e. The molecule has 0 atom stereocenters. The third-order valence-electron chi connectivity index (χ3n) is 2.88. The van der Waals surface area contributed by atoms with Crippen LogP contribution in [0.5, 0.6) is 5.75 Å². The highest BCUT2D eigenvalue weighted by Crippen LogP contribution is 2.33. The Kier molecular flexibility index (Phi) is 5.56. The molecule has 0 aliphatic carbocycles. The highest BCUT2D eigenvalue weighted by molar-refractivity contribution is 7.80. The van der Waals surface area contributed by atoms with E-state index in [0.717, 1.165) is 23.1 Å². The molecule has 0 aliphatic heterocycles. The molecule has 1 N–H and O–H groups in total. The van der Waals surface area contributed by atoms with Crippen LogP contribution < -0.4 is 9.80 Å². The average Bonchev–Trinajstić information content (AvgIpc) is 2.95. The van der Waals surface area contributed by atoms with Gasteiger partial charge in [-0.2, -0.15) is 12.6 Å². The fourth-order valence-corrected chi connectivity index (χ4v) is 2.57. The Bertz CT molecular complexity index is 658. The van der Waals surface area contributed by atoms with Gasteiger partial charge in [-0.25, -0.2) is 0 Å². The predicted molar refractivity (Wildman–Crippen MR) is 93.6 cm³/mol. The van der Waals surface area contributed by atoms with Crippen LogP contribution in [-0.2, 0) is 0 Å². The summed E-state index contributed by atoms with van der Waals surface area (Å²) in [6, 6.07) is 5.21. The van der Waals surface area contributed by atoms with Crippen molar-refractivity contribution in [3.05, 3.63) is 18.2 Å². The van der Waals surface area contributed by atoms with Crippen molar-refractivity contribution in [3.8, 4) is 5.75 Å². The summed E-state index contributed by atoms with van der Waals surface area (Å²) in [7, 11) is 5.73. The second-order valence-corrected chi connectivity index (χ2v) is 6.16. The van der Waals surface area contributed by atoms with E-state index in [9.17, 15) is 5.11 Å². The number of azo groups is 1. The van der Waals surface area contributed by atoms with Crippen molar-refractivity contribution in [2.45, 2.75) is 0 Å². The van der Waals surface area contributed by atoms with E-state index < -0.39 is 0 Å². The van der Waals surface area contributed by atoms with Gasteiger partial charge < -0.3 is 14.9 Å². The molecule has 0 radical (unpaired) electrons. The monoisotopic (exact) mass is 338 g/mol. The summed E-state index contributed by atoms with van der Waals surface area (Å²) in [5, 5.41) is 27.2. The summed E-state index contributed by atoms with van der Waals surface area (Å²) in [4.78, 5) is 3.85. The van der Waals surface area contributed by atoms with Gasteiger partial charge in [-0.15, -0.1) is 20.4 Å². The molecule has 22 heavy (non-hydrogen) atoms. The molecule has 0 aliphatic rings. The van der Waals surface area contributed by atoms with E-state index >= 15 is 0 Å². The van der Waals surface area contributed by atoms with Crippen LogP contribution >= 0.6 is 24.0 Å². The molecule has 0 bridgehead atoms. The first kappa shape index (κ1) is 16.5. The lowest BCUT2D eigenvalue weighted by Gasteiger charge is -2.12. The Morgan fingerprint density at radius 1 is 1.23 bits per heavy atom. The molecule has 0 saturated heterocycles. The molecule has 1 aromatic heterocycles. The Morgan fingerprint density at radius 3 is 2.64 bits per heavy atom. The van der Waals surface area contributed by atoms with Crippen LogP contribution in [0.4, 0.5) is 21.6 Å². The van der Waals surface area contributed by atoms with Crippen LogP contribution in [-0.4, -0.2) is 48.7 Å². The van der Waals surface area contributed by atoms with Crippen molar-refractivity contribution in [3.63, 3.8) is 0 Å². The minimum Gasteiger partial charge on any atom is -0.506 e. The van der Waals surface area contributed by atoms with Crippen molar-refractivity contribution in [1.29, 1.82) is 0 Å². The lowest BCUT2D eigenvalue weighted by Crippen LogP contribution is -2.19. The number of hydrogen-bond donors (Lipinski definition) is 2. The number of aromatic hydroxyl groups is 1. The molecule has 9 heteroatoms. The number of phenolic OH excluding ortho intramolecular Hbond substituents is 1. The van der Waals surface area contributed by atoms with E-state index in [4.69, 9.17) is 0 Å². The van der Waals surface area contributed by atoms with E-state index in [1.165, 1.54) is 11.3 Å². The zero-order chi connectivity index (χ0) is 16.1. The van der Waals surface area contributed by atoms with Crippen LogP contribution in [0.1, 0.15) is 0 Å². The highest BCUT2D eigenvalue weighted by atomic mass is 32.1. The van der Waals surface area contributed by atoms with Gasteiger partial charge >= 0.3 is 0 Å². The van der Waals surface area contributed by atoms with Crippen LogP contribution in [0.25, 0.3) is 0 Å². The summed E-state index contributed by atoms with van der Waals surface area (Å²) in [5.74, 6) is 0.811. The molecule has 7 nitrogen and oxygen atoms in total. The molecule has 0 fully saturated rings. The van der Waals surface area contributed by atoms with E-state index in [-0.39, 0.29) is 5.75 Å². The maximum Gasteiger partial charge on any atom is 0.253 e. The number of phenols is 1. The molecular weight excluding hydrogens is 320 g/mol. The Labute approximate surface area is 138 Å². The molecular formula is C13H18N6OS2. The minimum absolute atomic E-state index is 0.0758. The number of rotatable bonds is 6. The second-order valence-electron chi connectivity index (χ2n) is 4.78. The van der Waals surface area contributed by atoms with Crippen LogP contribution in [0.15, 0.2) is 28.4 Å². The molecule has 118 valence electrons. The van der Waals surface area contributed by atoms with Gasteiger partial charge in [0.1, 0.15) is 11.4 Å². The first-order valence-electron chi connectivity index (χ1n) is 6.59. The van der Waals surface area contributed by atoms with Crippen LogP contribution in [0.3, 0.4) is 0 Å². The van der Waals surface area contributed by atoms with Gasteiger partial charge in [-0.3, -0.25) is 0 Å². The van der Waals surface area contributed by atoms with Gasteiger partial charge in [-0.05, 0) is 12.1 Å². The first-order valence-corrected chi connectivity index (χ1v) is 8.03. The average molecular weight is 338 g/mol. The topological polar surface area (TPSA) is 77.2 Å². The lowest BCUT2D eigenvalue weighted by molar-refractivity contribution is 0.476. The van der Waals surface area contributed by atoms with Gasteiger partial charge in [-0.1, -0.05) is 11.3 Å². The van der Waals surface area contributed by atoms with E-state index in [2.05, 4.69) is 33.1 Å². The third kappa shape index (κ3) is 4.08. The number of aromatic nitrogens is 2. The SMILES string of the molecule is CN(C)c1ccc(/N=N/c2nnc(N(C)CCS)s2)c(O)c1. The van der Waals surface area contributed by atoms with Gasteiger partial charge in [0.2, 0.25) is 5.13 Å². The van der Waals surface area contributed by atoms with Crippen LogP contribution in [0.2, 0.25) is 0 Å². The van der Waals surface area contributed by atoms with Crippen LogP contribution in [0, 0.1) is 0 Å². The fraction of sp³-hybridized carbons (Fsp3) is 0.385. The molecule has 0 amide bonds. The summed E-state index contributed by atoms with van der Waals surface area (Å²) in [5.41, 5.74) is 1.29. The number of anilines is 2. The molecule has 0 spiro atoms. The van der Waals surface area contributed by atoms with Crippen molar-refractivity contribution < 1.29 is 5.11 Å². The predicted octanol–water partition coefficient (Wildman–Crippen LogP) is 3.09. The Morgan fingerprint density at radius 2 is 2.00 bits per heavy atom. The lowest BCUT2D eigenvalue weighted by atomic mass is 10.2. The Hall–Kier alpha value is -1.87. The molecule has 0 unspecified atom stereocenters. The number of thiol groups is 1. The highest BCUT2D eigenvalue weighted by Gasteiger charge is 2.08. The van der Waals surface area contributed by atoms with Crippen molar-refractivity contribution in [2.75, 3.05) is 43.2 Å². The zero-order valence-electron chi connectivity index (χ0n) is 12.6. The molecule has 1 aromatic carbocycles. The Balaban J connectivity index is 2.12. The maximum absolute atomic E-state index is 9.95. The van der Waals surface area contributed by atoms with E-state index in [1.807, 2.05) is 37.0 Å². The molecule has 2 rings (SSSR count). The quantitative estimate of drug-likeness (QED) is 0.625. The zero-order valence-corrected chi connectivity index (χ0v) is 14.3. The number of nitrogens with zero attached hydrogens (tertiary/aromatic N) is 6.